The summed E-state index contributed by atoms with van der Waals surface area (Å²) < 4.78 is 11.2. The zero-order valence-corrected chi connectivity index (χ0v) is 22.7. The molecule has 1 aliphatic heterocycles. The fourth-order valence-corrected chi connectivity index (χ4v) is 4.25. The molecule has 40 heavy (non-hydrogen) atoms. The van der Waals surface area contributed by atoms with Crippen LogP contribution in [0.25, 0.3) is 11.0 Å². The largest absolute Gasteiger partial charge is 0.487 e. The maximum atomic E-state index is 13.0. The second kappa shape index (κ2) is 11.1. The smallest absolute Gasteiger partial charge is 0.410 e. The van der Waals surface area contributed by atoms with Gasteiger partial charge in [-0.2, -0.15) is 0 Å². The Balaban J connectivity index is 1.19. The molecule has 208 valence electrons. The van der Waals surface area contributed by atoms with Gasteiger partial charge >= 0.3 is 6.09 Å². The van der Waals surface area contributed by atoms with Gasteiger partial charge in [-0.25, -0.2) is 14.8 Å². The van der Waals surface area contributed by atoms with Crippen molar-refractivity contribution in [3.8, 4) is 5.75 Å². The molecule has 4 N–H and O–H groups in total. The standard InChI is InChI=1S/C28H31N7O5/c1-15(2)13-39-28(38)35-11-19(12-35)40-18-6-8-21-22(10-18)33-27(32-21)34-26(37)24-23(29-14-30-24)25(36)31-20-7-5-16(3)9-17(20)4/h5-10,14-15,19H,11-13H2,1-4H3,(H,29,30)(H,31,36)(H2,32,33,34,37). The van der Waals surface area contributed by atoms with Gasteiger partial charge in [0.15, 0.2) is 5.69 Å². The van der Waals surface area contributed by atoms with Gasteiger partial charge in [0.1, 0.15) is 17.5 Å². The number of amides is 3. The molecule has 3 heterocycles. The number of carbonyl (C=O) groups excluding carboxylic acids is 3. The third-order valence-corrected chi connectivity index (χ3v) is 6.35. The van der Waals surface area contributed by atoms with E-state index >= 15 is 0 Å². The molecule has 12 heteroatoms. The zero-order chi connectivity index (χ0) is 28.4. The van der Waals surface area contributed by atoms with Gasteiger partial charge < -0.3 is 29.7 Å². The monoisotopic (exact) mass is 545 g/mol. The minimum Gasteiger partial charge on any atom is -0.487 e. The van der Waals surface area contributed by atoms with E-state index in [2.05, 4.69) is 30.6 Å². The summed E-state index contributed by atoms with van der Waals surface area (Å²) in [6.07, 6.45) is 0.814. The quantitative estimate of drug-likeness (QED) is 0.258. The van der Waals surface area contributed by atoms with E-state index in [1.165, 1.54) is 6.33 Å². The second-order valence-electron chi connectivity index (χ2n) is 10.2. The number of H-pyrrole nitrogens is 2. The summed E-state index contributed by atoms with van der Waals surface area (Å²) in [7, 11) is 0. The van der Waals surface area contributed by atoms with E-state index in [1.807, 2.05) is 45.9 Å². The molecule has 4 aromatic rings. The van der Waals surface area contributed by atoms with Gasteiger partial charge in [-0.05, 0) is 43.5 Å². The summed E-state index contributed by atoms with van der Waals surface area (Å²) in [4.78, 5) is 53.7. The summed E-state index contributed by atoms with van der Waals surface area (Å²) in [5.74, 6) is -0.00897. The highest BCUT2D eigenvalue weighted by Gasteiger charge is 2.33. The summed E-state index contributed by atoms with van der Waals surface area (Å²) >= 11 is 0. The number of likely N-dealkylation sites (tertiary alicyclic amines) is 1. The van der Waals surface area contributed by atoms with Crippen LogP contribution in [0, 0.1) is 19.8 Å². The highest BCUT2D eigenvalue weighted by molar-refractivity contribution is 6.13. The average Bonchev–Trinajstić information content (AvgIpc) is 3.53. The molecule has 0 unspecified atom stereocenters. The van der Waals surface area contributed by atoms with Crippen LogP contribution in [0.1, 0.15) is 46.0 Å². The number of imidazole rings is 2. The van der Waals surface area contributed by atoms with Crippen LogP contribution < -0.4 is 15.4 Å². The number of nitrogens with zero attached hydrogens (tertiary/aromatic N) is 3. The molecule has 0 radical (unpaired) electrons. The first kappa shape index (κ1) is 26.7. The molecule has 0 spiro atoms. The fraction of sp³-hybridized carbons (Fsp3) is 0.321. The first-order valence-electron chi connectivity index (χ1n) is 13.0. The molecule has 0 bridgehead atoms. The molecule has 5 rings (SSSR count). The Morgan fingerprint density at radius 1 is 1.07 bits per heavy atom. The molecule has 12 nitrogen and oxygen atoms in total. The van der Waals surface area contributed by atoms with Gasteiger partial charge in [0.25, 0.3) is 11.8 Å². The van der Waals surface area contributed by atoms with Crippen LogP contribution >= 0.6 is 0 Å². The number of aromatic nitrogens is 4. The highest BCUT2D eigenvalue weighted by atomic mass is 16.6. The molecule has 0 saturated carbocycles. The van der Waals surface area contributed by atoms with Gasteiger partial charge in [0.2, 0.25) is 5.95 Å². The van der Waals surface area contributed by atoms with E-state index in [1.54, 1.807) is 23.1 Å². The van der Waals surface area contributed by atoms with E-state index in [0.717, 1.165) is 11.1 Å². The molecule has 3 amide bonds. The number of nitrogens with one attached hydrogen (secondary N) is 4. The Morgan fingerprint density at radius 2 is 1.88 bits per heavy atom. The normalized spacial score (nSPS) is 13.3. The zero-order valence-electron chi connectivity index (χ0n) is 22.7. The lowest BCUT2D eigenvalue weighted by atomic mass is 10.1. The van der Waals surface area contributed by atoms with E-state index in [4.69, 9.17) is 9.47 Å². The van der Waals surface area contributed by atoms with Crippen molar-refractivity contribution in [3.63, 3.8) is 0 Å². The number of carbonyl (C=O) groups is 3. The Labute approximate surface area is 230 Å². The second-order valence-corrected chi connectivity index (χ2v) is 10.2. The van der Waals surface area contributed by atoms with Crippen molar-refractivity contribution in [2.24, 2.45) is 5.92 Å². The van der Waals surface area contributed by atoms with Crippen molar-refractivity contribution >= 4 is 40.6 Å². The maximum Gasteiger partial charge on any atom is 0.410 e. The van der Waals surface area contributed by atoms with E-state index in [-0.39, 0.29) is 35.5 Å². The number of benzene rings is 2. The molecule has 1 aliphatic rings. The summed E-state index contributed by atoms with van der Waals surface area (Å²) in [5, 5.41) is 5.48. The van der Waals surface area contributed by atoms with Gasteiger partial charge in [-0.3, -0.25) is 14.9 Å². The lowest BCUT2D eigenvalue weighted by Gasteiger charge is -2.38. The Kier molecular flexibility index (Phi) is 7.41. The molecule has 1 fully saturated rings. The van der Waals surface area contributed by atoms with E-state index in [9.17, 15) is 14.4 Å². The van der Waals surface area contributed by atoms with Crippen LogP contribution in [0.3, 0.4) is 0 Å². The number of rotatable bonds is 8. The van der Waals surface area contributed by atoms with Crippen LogP contribution in [0.15, 0.2) is 42.7 Å². The molecule has 2 aromatic heterocycles. The van der Waals surface area contributed by atoms with Crippen LogP contribution in [-0.4, -0.2) is 68.5 Å². The highest BCUT2D eigenvalue weighted by Crippen LogP contribution is 2.24. The van der Waals surface area contributed by atoms with Gasteiger partial charge in [-0.15, -0.1) is 0 Å². The van der Waals surface area contributed by atoms with Crippen LogP contribution in [0.2, 0.25) is 0 Å². The van der Waals surface area contributed by atoms with E-state index < -0.39 is 11.8 Å². The number of anilines is 2. The van der Waals surface area contributed by atoms with Crippen molar-refractivity contribution in [2.45, 2.75) is 33.8 Å². The molecular formula is C28H31N7O5. The summed E-state index contributed by atoms with van der Waals surface area (Å²) in [6, 6.07) is 11.0. The van der Waals surface area contributed by atoms with Crippen LogP contribution in [0.4, 0.5) is 16.4 Å². The topological polar surface area (TPSA) is 154 Å². The minimum atomic E-state index is -0.596. The maximum absolute atomic E-state index is 13.0. The molecule has 1 saturated heterocycles. The average molecular weight is 546 g/mol. The molecule has 2 aromatic carbocycles. The molecule has 0 atom stereocenters. The first-order chi connectivity index (χ1) is 19.2. The van der Waals surface area contributed by atoms with Crippen LogP contribution in [-0.2, 0) is 4.74 Å². The van der Waals surface area contributed by atoms with Gasteiger partial charge in [0, 0.05) is 11.8 Å². The first-order valence-corrected chi connectivity index (χ1v) is 13.0. The summed E-state index contributed by atoms with van der Waals surface area (Å²) in [5.41, 5.74) is 3.87. The van der Waals surface area contributed by atoms with Gasteiger partial charge in [0.05, 0.1) is 37.1 Å². The predicted octanol–water partition coefficient (Wildman–Crippen LogP) is 4.26. The number of ether oxygens (including phenoxy) is 2. The van der Waals surface area contributed by atoms with Crippen LogP contribution in [0.5, 0.6) is 5.75 Å². The number of fused-ring (bicyclic) bond motifs is 1. The Hall–Kier alpha value is -4.87. The molecular weight excluding hydrogens is 514 g/mol. The third kappa shape index (κ3) is 5.90. The van der Waals surface area contributed by atoms with Crippen molar-refractivity contribution in [2.75, 3.05) is 30.3 Å². The Morgan fingerprint density at radius 3 is 2.62 bits per heavy atom. The number of hydrogen-bond acceptors (Lipinski definition) is 7. The predicted molar refractivity (Wildman–Crippen MR) is 149 cm³/mol. The van der Waals surface area contributed by atoms with Crippen molar-refractivity contribution in [1.29, 1.82) is 0 Å². The molecule has 0 aliphatic carbocycles. The number of aromatic amines is 2. The lowest BCUT2D eigenvalue weighted by molar-refractivity contribution is 0.00811. The van der Waals surface area contributed by atoms with Crippen molar-refractivity contribution < 1.29 is 23.9 Å². The fourth-order valence-electron chi connectivity index (χ4n) is 4.25. The minimum absolute atomic E-state index is 0.0342. The number of aryl methyl sites for hydroxylation is 2. The Bertz CT molecular complexity index is 1570. The third-order valence-electron chi connectivity index (χ3n) is 6.35. The van der Waals surface area contributed by atoms with Crippen molar-refractivity contribution in [1.82, 2.24) is 24.8 Å². The number of hydrogen-bond donors (Lipinski definition) is 4. The van der Waals surface area contributed by atoms with Crippen molar-refractivity contribution in [3.05, 3.63) is 65.2 Å². The SMILES string of the molecule is Cc1ccc(NC(=O)c2[nH]cnc2C(=O)Nc2nc3cc(OC4CN(C(=O)OCC(C)C)C4)ccc3[nH]2)c(C)c1. The lowest BCUT2D eigenvalue weighted by Crippen LogP contribution is -2.56. The van der Waals surface area contributed by atoms with E-state index in [0.29, 0.717) is 42.2 Å². The van der Waals surface area contributed by atoms with Gasteiger partial charge in [-0.1, -0.05) is 31.5 Å². The summed E-state index contributed by atoms with van der Waals surface area (Å²) in [6.45, 7) is 9.11.